The van der Waals surface area contributed by atoms with Gasteiger partial charge in [-0.05, 0) is 48.7 Å². The minimum absolute atomic E-state index is 0.432. The molecule has 2 aromatic carbocycles. The molecule has 0 aliphatic rings. The van der Waals surface area contributed by atoms with Crippen LogP contribution in [0, 0.1) is 9.54 Å². The van der Waals surface area contributed by atoms with Crippen LogP contribution in [0.1, 0.15) is 0 Å². The lowest BCUT2D eigenvalue weighted by atomic mass is 10.3. The van der Waals surface area contributed by atoms with Crippen molar-refractivity contribution in [1.82, 2.24) is 30.2 Å². The van der Waals surface area contributed by atoms with Gasteiger partial charge in [-0.15, -0.1) is 0 Å². The van der Waals surface area contributed by atoms with Gasteiger partial charge in [-0.25, -0.2) is 4.68 Å². The molecule has 0 bridgehead atoms. The SMILES string of the molecule is S=c1[nH]c2ccccc2[nH]1.S=c1nn[nH]n1-c1ccccc1. The van der Waals surface area contributed by atoms with Crippen molar-refractivity contribution < 1.29 is 0 Å². The lowest BCUT2D eigenvalue weighted by molar-refractivity contribution is 0.786. The van der Waals surface area contributed by atoms with Crippen LogP contribution >= 0.6 is 24.4 Å². The van der Waals surface area contributed by atoms with Gasteiger partial charge in [-0.3, -0.25) is 0 Å². The number of aromatic amines is 3. The highest BCUT2D eigenvalue weighted by Gasteiger charge is 1.96. The zero-order valence-corrected chi connectivity index (χ0v) is 13.0. The number of rotatable bonds is 1. The number of nitrogens with one attached hydrogen (secondary N) is 3. The van der Waals surface area contributed by atoms with Crippen LogP contribution in [0.3, 0.4) is 0 Å². The molecule has 2 aromatic heterocycles. The van der Waals surface area contributed by atoms with Crippen LogP contribution in [-0.2, 0) is 0 Å². The first-order valence-electron chi connectivity index (χ1n) is 6.46. The third-order valence-electron chi connectivity index (χ3n) is 2.91. The van der Waals surface area contributed by atoms with Gasteiger partial charge < -0.3 is 9.97 Å². The highest BCUT2D eigenvalue weighted by atomic mass is 32.1. The quantitative estimate of drug-likeness (QED) is 0.467. The molecule has 4 rings (SSSR count). The molecule has 4 aromatic rings. The van der Waals surface area contributed by atoms with Gasteiger partial charge in [0, 0.05) is 0 Å². The van der Waals surface area contributed by atoms with E-state index in [9.17, 15) is 0 Å². The molecule has 2 heterocycles. The van der Waals surface area contributed by atoms with E-state index in [1.54, 1.807) is 4.68 Å². The maximum absolute atomic E-state index is 4.93. The van der Waals surface area contributed by atoms with E-state index in [0.29, 0.717) is 9.54 Å². The predicted octanol–water partition coefficient (Wildman–Crippen LogP) is 3.55. The first kappa shape index (κ1) is 14.4. The average Bonchev–Trinajstić information content (AvgIpc) is 3.13. The molecule has 8 heteroatoms. The van der Waals surface area contributed by atoms with Gasteiger partial charge in [0.1, 0.15) is 0 Å². The van der Waals surface area contributed by atoms with Crippen molar-refractivity contribution in [2.24, 2.45) is 0 Å². The summed E-state index contributed by atoms with van der Waals surface area (Å²) in [5.74, 6) is 0. The lowest BCUT2D eigenvalue weighted by Crippen LogP contribution is -1.95. The van der Waals surface area contributed by atoms with E-state index in [4.69, 9.17) is 24.4 Å². The Morgan fingerprint density at radius 1 is 0.818 bits per heavy atom. The summed E-state index contributed by atoms with van der Waals surface area (Å²) in [4.78, 5) is 6.04. The van der Waals surface area contributed by atoms with Crippen molar-refractivity contribution in [3.8, 4) is 5.69 Å². The Hall–Kier alpha value is -2.58. The Bertz CT molecular complexity index is 943. The second kappa shape index (κ2) is 6.46. The fourth-order valence-electron chi connectivity index (χ4n) is 1.92. The van der Waals surface area contributed by atoms with Gasteiger partial charge in [0.15, 0.2) is 4.77 Å². The van der Waals surface area contributed by atoms with E-state index in [0.717, 1.165) is 16.7 Å². The van der Waals surface area contributed by atoms with Gasteiger partial charge in [0.2, 0.25) is 4.77 Å². The molecule has 0 aliphatic heterocycles. The van der Waals surface area contributed by atoms with Gasteiger partial charge in [0.25, 0.3) is 0 Å². The number of hydrogen-bond acceptors (Lipinski definition) is 4. The molecule has 110 valence electrons. The molecule has 0 atom stereocenters. The zero-order chi connectivity index (χ0) is 15.4. The van der Waals surface area contributed by atoms with E-state index >= 15 is 0 Å². The third kappa shape index (κ3) is 3.18. The molecule has 0 spiro atoms. The van der Waals surface area contributed by atoms with E-state index in [-0.39, 0.29) is 0 Å². The Morgan fingerprint density at radius 2 is 1.41 bits per heavy atom. The summed E-state index contributed by atoms with van der Waals surface area (Å²) in [6.45, 7) is 0. The molecule has 0 saturated heterocycles. The Labute approximate surface area is 135 Å². The Balaban J connectivity index is 0.000000133. The van der Waals surface area contributed by atoms with Crippen molar-refractivity contribution in [1.29, 1.82) is 0 Å². The predicted molar refractivity (Wildman–Crippen MR) is 90.0 cm³/mol. The summed E-state index contributed by atoms with van der Waals surface area (Å²) in [6, 6.07) is 17.6. The topological polar surface area (TPSA) is 78.1 Å². The summed E-state index contributed by atoms with van der Waals surface area (Å²) in [5, 5.41) is 9.92. The van der Waals surface area contributed by atoms with Crippen LogP contribution < -0.4 is 0 Å². The molecule has 0 aliphatic carbocycles. The molecule has 22 heavy (non-hydrogen) atoms. The smallest absolute Gasteiger partial charge is 0.242 e. The second-order valence-electron chi connectivity index (χ2n) is 4.38. The molecular formula is C14H12N6S2. The van der Waals surface area contributed by atoms with Crippen LogP contribution in [0.4, 0.5) is 0 Å². The molecule has 0 fully saturated rings. The number of aromatic nitrogens is 6. The Morgan fingerprint density at radius 3 is 1.95 bits per heavy atom. The van der Waals surface area contributed by atoms with E-state index in [1.165, 1.54) is 0 Å². The lowest BCUT2D eigenvalue weighted by Gasteiger charge is -1.97. The standard InChI is InChI=1S/C7H6N4S.C7H6N2S/c12-7-8-9-10-11(7)6-4-2-1-3-5-6;10-7-8-5-3-1-2-4-6(5)9-7/h1-5H,(H,8,10,12);1-4H,(H2,8,9,10). The van der Waals surface area contributed by atoms with E-state index in [2.05, 4.69) is 25.5 Å². The first-order chi connectivity index (χ1) is 10.7. The third-order valence-corrected chi connectivity index (χ3v) is 3.38. The molecule has 0 unspecified atom stereocenters. The van der Waals surface area contributed by atoms with Crippen molar-refractivity contribution >= 4 is 35.5 Å². The molecule has 3 N–H and O–H groups in total. The number of H-pyrrole nitrogens is 3. The minimum Gasteiger partial charge on any atom is -0.331 e. The molecular weight excluding hydrogens is 316 g/mol. The van der Waals surface area contributed by atoms with E-state index in [1.807, 2.05) is 54.6 Å². The zero-order valence-electron chi connectivity index (χ0n) is 11.4. The number of benzene rings is 2. The fraction of sp³-hybridized carbons (Fsp3) is 0. The summed E-state index contributed by atoms with van der Waals surface area (Å²) in [7, 11) is 0. The maximum Gasteiger partial charge on any atom is 0.242 e. The normalized spacial score (nSPS) is 10.2. The number of para-hydroxylation sites is 3. The number of hydrogen-bond donors (Lipinski definition) is 3. The summed E-state index contributed by atoms with van der Waals surface area (Å²) in [5.41, 5.74) is 3.06. The second-order valence-corrected chi connectivity index (χ2v) is 5.15. The average molecular weight is 328 g/mol. The van der Waals surface area contributed by atoms with Crippen LogP contribution in [0.2, 0.25) is 0 Å². The summed E-state index contributed by atoms with van der Waals surface area (Å²) in [6.07, 6.45) is 0. The largest absolute Gasteiger partial charge is 0.331 e. The summed E-state index contributed by atoms with van der Waals surface area (Å²) >= 11 is 9.83. The Kier molecular flexibility index (Phi) is 4.22. The van der Waals surface area contributed by atoms with Gasteiger partial charge in [-0.2, -0.15) is 5.21 Å². The van der Waals surface area contributed by atoms with Crippen molar-refractivity contribution in [2.75, 3.05) is 0 Å². The summed E-state index contributed by atoms with van der Waals surface area (Å²) < 4.78 is 2.75. The van der Waals surface area contributed by atoms with Crippen LogP contribution in [-0.4, -0.2) is 30.2 Å². The van der Waals surface area contributed by atoms with Crippen molar-refractivity contribution in [3.05, 3.63) is 64.1 Å². The van der Waals surface area contributed by atoms with Crippen molar-refractivity contribution in [3.63, 3.8) is 0 Å². The van der Waals surface area contributed by atoms with Gasteiger partial charge in [-0.1, -0.05) is 40.6 Å². The maximum atomic E-state index is 4.93. The highest BCUT2D eigenvalue weighted by molar-refractivity contribution is 7.71. The van der Waals surface area contributed by atoms with Crippen LogP contribution in [0.25, 0.3) is 16.7 Å². The number of fused-ring (bicyclic) bond motifs is 1. The van der Waals surface area contributed by atoms with E-state index < -0.39 is 0 Å². The van der Waals surface area contributed by atoms with Crippen molar-refractivity contribution in [2.45, 2.75) is 0 Å². The van der Waals surface area contributed by atoms with Gasteiger partial charge >= 0.3 is 0 Å². The highest BCUT2D eigenvalue weighted by Crippen LogP contribution is 2.07. The molecule has 0 saturated carbocycles. The molecule has 0 amide bonds. The molecule has 0 radical (unpaired) electrons. The van der Waals surface area contributed by atoms with Gasteiger partial charge in [0.05, 0.1) is 16.7 Å². The number of imidazole rings is 1. The monoisotopic (exact) mass is 328 g/mol. The van der Waals surface area contributed by atoms with Crippen LogP contribution in [0.5, 0.6) is 0 Å². The molecule has 6 nitrogen and oxygen atoms in total. The minimum atomic E-state index is 0.432. The van der Waals surface area contributed by atoms with Crippen LogP contribution in [0.15, 0.2) is 54.6 Å². The fourth-order valence-corrected chi connectivity index (χ4v) is 2.33. The number of tetrazole rings is 1. The number of nitrogens with zero attached hydrogens (tertiary/aromatic N) is 3. The first-order valence-corrected chi connectivity index (χ1v) is 7.28.